The smallest absolute Gasteiger partial charge is 0.408 e. The first-order valence-electron chi connectivity index (χ1n) is 4.36. The summed E-state index contributed by atoms with van der Waals surface area (Å²) >= 11 is 0. The van der Waals surface area contributed by atoms with Gasteiger partial charge in [0.05, 0.1) is 6.54 Å². The molecule has 0 radical (unpaired) electrons. The van der Waals surface area contributed by atoms with Crippen molar-refractivity contribution in [1.29, 1.82) is 0 Å². The third-order valence-corrected chi connectivity index (χ3v) is 1.83. The van der Waals surface area contributed by atoms with Gasteiger partial charge in [-0.3, -0.25) is 0 Å². The summed E-state index contributed by atoms with van der Waals surface area (Å²) in [4.78, 5) is 10.7. The average molecular weight is 187 g/mol. The van der Waals surface area contributed by atoms with E-state index >= 15 is 0 Å². The van der Waals surface area contributed by atoms with Crippen LogP contribution in [-0.4, -0.2) is 18.7 Å². The molecule has 3 heteroatoms. The van der Waals surface area contributed by atoms with Crippen LogP contribution in [0.2, 0.25) is 0 Å². The van der Waals surface area contributed by atoms with Crippen molar-refractivity contribution in [3.05, 3.63) is 35.9 Å². The van der Waals surface area contributed by atoms with Gasteiger partial charge in [-0.2, -0.15) is 0 Å². The van der Waals surface area contributed by atoms with Crippen LogP contribution in [0.25, 0.3) is 0 Å². The van der Waals surface area contributed by atoms with Crippen molar-refractivity contribution in [2.45, 2.75) is 6.10 Å². The Kier molecular flexibility index (Phi) is 2.37. The molecule has 2 rings (SSSR count). The van der Waals surface area contributed by atoms with Crippen LogP contribution in [0.4, 0.5) is 4.79 Å². The molecule has 1 aromatic carbocycles. The highest BCUT2D eigenvalue weighted by molar-refractivity contribution is 5.70. The fourth-order valence-corrected chi connectivity index (χ4v) is 1.15. The van der Waals surface area contributed by atoms with E-state index in [0.29, 0.717) is 6.54 Å². The van der Waals surface area contributed by atoms with E-state index in [0.717, 1.165) is 5.56 Å². The van der Waals surface area contributed by atoms with Crippen molar-refractivity contribution in [2.75, 3.05) is 6.54 Å². The number of carbonyl (C=O) groups is 1. The highest BCUT2D eigenvalue weighted by Crippen LogP contribution is 2.00. The normalized spacial score (nSPS) is 19.1. The van der Waals surface area contributed by atoms with E-state index in [1.165, 1.54) is 0 Å². The topological polar surface area (TPSA) is 38.3 Å². The number of nitrogens with one attached hydrogen (secondary N) is 1. The molecule has 0 bridgehead atoms. The lowest BCUT2D eigenvalue weighted by molar-refractivity contribution is 0.161. The molecular formula is C11H9NO2. The number of carbonyl (C=O) groups excluding carboxylic acids is 1. The molecule has 1 fully saturated rings. The van der Waals surface area contributed by atoms with Gasteiger partial charge < -0.3 is 10.1 Å². The van der Waals surface area contributed by atoms with Crippen LogP contribution in [0.5, 0.6) is 0 Å². The highest BCUT2D eigenvalue weighted by Gasteiger charge is 2.19. The van der Waals surface area contributed by atoms with Gasteiger partial charge in [-0.05, 0) is 12.1 Å². The van der Waals surface area contributed by atoms with Crippen molar-refractivity contribution in [3.63, 3.8) is 0 Å². The molecule has 3 nitrogen and oxygen atoms in total. The van der Waals surface area contributed by atoms with Crippen molar-refractivity contribution in [1.82, 2.24) is 5.32 Å². The largest absolute Gasteiger partial charge is 0.431 e. The summed E-state index contributed by atoms with van der Waals surface area (Å²) < 4.78 is 4.86. The van der Waals surface area contributed by atoms with Gasteiger partial charge >= 0.3 is 6.09 Å². The number of benzene rings is 1. The Hall–Kier alpha value is -1.95. The standard InChI is InChI=1S/C11H9NO2/c13-11-12-8-10(14-11)7-6-9-4-2-1-3-5-9/h1-5,10H,8H2,(H,12,13)/t10-/m0/s1. The van der Waals surface area contributed by atoms with Crippen molar-refractivity contribution in [2.24, 2.45) is 0 Å². The zero-order valence-corrected chi connectivity index (χ0v) is 7.49. The van der Waals surface area contributed by atoms with E-state index < -0.39 is 6.09 Å². The molecule has 1 aliphatic rings. The molecule has 1 saturated heterocycles. The Labute approximate surface area is 82.1 Å². The summed E-state index contributed by atoms with van der Waals surface area (Å²) in [6.45, 7) is 0.471. The van der Waals surface area contributed by atoms with Crippen LogP contribution < -0.4 is 5.32 Å². The van der Waals surface area contributed by atoms with Gasteiger partial charge in [-0.15, -0.1) is 0 Å². The fourth-order valence-electron chi connectivity index (χ4n) is 1.15. The van der Waals surface area contributed by atoms with Gasteiger partial charge in [-0.25, -0.2) is 4.79 Å². The number of amides is 1. The fraction of sp³-hybridized carbons (Fsp3) is 0.182. The highest BCUT2D eigenvalue weighted by atomic mass is 16.6. The number of ether oxygens (including phenoxy) is 1. The van der Waals surface area contributed by atoms with Crippen molar-refractivity contribution < 1.29 is 9.53 Å². The van der Waals surface area contributed by atoms with Crippen LogP contribution in [0.1, 0.15) is 5.56 Å². The molecule has 0 aliphatic carbocycles. The minimum atomic E-state index is -0.391. The lowest BCUT2D eigenvalue weighted by Crippen LogP contribution is -2.13. The predicted octanol–water partition coefficient (Wildman–Crippen LogP) is 1.15. The Morgan fingerprint density at radius 2 is 2.14 bits per heavy atom. The lowest BCUT2D eigenvalue weighted by Gasteiger charge is -1.95. The summed E-state index contributed by atoms with van der Waals surface area (Å²) in [6.07, 6.45) is -0.708. The summed E-state index contributed by atoms with van der Waals surface area (Å²) in [7, 11) is 0. The number of cyclic esters (lactones) is 1. The van der Waals surface area contributed by atoms with E-state index in [1.807, 2.05) is 30.3 Å². The van der Waals surface area contributed by atoms with Crippen LogP contribution in [-0.2, 0) is 4.74 Å². The predicted molar refractivity (Wildman–Crippen MR) is 51.6 cm³/mol. The summed E-state index contributed by atoms with van der Waals surface area (Å²) in [5.74, 6) is 5.81. The number of hydrogen-bond donors (Lipinski definition) is 1. The van der Waals surface area contributed by atoms with Gasteiger partial charge in [-0.1, -0.05) is 30.0 Å². The third kappa shape index (κ3) is 2.05. The van der Waals surface area contributed by atoms with Gasteiger partial charge in [0.2, 0.25) is 0 Å². The van der Waals surface area contributed by atoms with Gasteiger partial charge in [0.15, 0.2) is 6.10 Å². The SMILES string of the molecule is O=C1NC[C@H](C#Cc2ccccc2)O1. The molecule has 0 saturated carbocycles. The number of hydrogen-bond acceptors (Lipinski definition) is 2. The minimum Gasteiger partial charge on any atom is -0.431 e. The molecule has 0 aromatic heterocycles. The van der Waals surface area contributed by atoms with Crippen molar-refractivity contribution >= 4 is 6.09 Å². The molecule has 0 spiro atoms. The first kappa shape index (κ1) is 8.64. The number of alkyl carbamates (subject to hydrolysis) is 1. The van der Waals surface area contributed by atoms with Crippen molar-refractivity contribution in [3.8, 4) is 11.8 Å². The van der Waals surface area contributed by atoms with Gasteiger partial charge in [0, 0.05) is 5.56 Å². The van der Waals surface area contributed by atoms with Crippen LogP contribution >= 0.6 is 0 Å². The molecule has 1 N–H and O–H groups in total. The maximum atomic E-state index is 10.7. The molecule has 1 heterocycles. The zero-order chi connectivity index (χ0) is 9.80. The molecule has 1 amide bonds. The number of rotatable bonds is 0. The van der Waals surface area contributed by atoms with Gasteiger partial charge in [0.1, 0.15) is 0 Å². The second kappa shape index (κ2) is 3.84. The second-order valence-electron chi connectivity index (χ2n) is 2.91. The monoisotopic (exact) mass is 187 g/mol. The van der Waals surface area contributed by atoms with Crippen LogP contribution in [0.15, 0.2) is 30.3 Å². The third-order valence-electron chi connectivity index (χ3n) is 1.83. The molecule has 1 aromatic rings. The van der Waals surface area contributed by atoms with E-state index in [4.69, 9.17) is 4.74 Å². The first-order chi connectivity index (χ1) is 6.84. The maximum Gasteiger partial charge on any atom is 0.408 e. The quantitative estimate of drug-likeness (QED) is 0.619. The van der Waals surface area contributed by atoms with Crippen LogP contribution in [0.3, 0.4) is 0 Å². The zero-order valence-electron chi connectivity index (χ0n) is 7.49. The molecular weight excluding hydrogens is 178 g/mol. The molecule has 1 atom stereocenters. The molecule has 14 heavy (non-hydrogen) atoms. The van der Waals surface area contributed by atoms with E-state index in [9.17, 15) is 4.79 Å². The average Bonchev–Trinajstić information content (AvgIpc) is 2.63. The second-order valence-corrected chi connectivity index (χ2v) is 2.91. The Morgan fingerprint density at radius 3 is 2.79 bits per heavy atom. The van der Waals surface area contributed by atoms with Gasteiger partial charge in [0.25, 0.3) is 0 Å². The summed E-state index contributed by atoms with van der Waals surface area (Å²) in [6, 6.07) is 9.60. The molecule has 70 valence electrons. The van der Waals surface area contributed by atoms with E-state index in [2.05, 4.69) is 17.2 Å². The Bertz CT molecular complexity index is 389. The molecule has 0 unspecified atom stereocenters. The Morgan fingerprint density at radius 1 is 1.36 bits per heavy atom. The summed E-state index contributed by atoms with van der Waals surface area (Å²) in [5.41, 5.74) is 0.926. The first-order valence-corrected chi connectivity index (χ1v) is 4.36. The van der Waals surface area contributed by atoms with Crippen LogP contribution in [0, 0.1) is 11.8 Å². The molecule has 1 aliphatic heterocycles. The summed E-state index contributed by atoms with van der Waals surface area (Å²) in [5, 5.41) is 2.54. The van der Waals surface area contributed by atoms with E-state index in [-0.39, 0.29) is 6.10 Å². The van der Waals surface area contributed by atoms with E-state index in [1.54, 1.807) is 0 Å². The maximum absolute atomic E-state index is 10.7. The Balaban J connectivity index is 2.04. The minimum absolute atomic E-state index is 0.317. The lowest BCUT2D eigenvalue weighted by atomic mass is 10.2.